The van der Waals surface area contributed by atoms with Gasteiger partial charge in [0.05, 0.1) is 6.04 Å². The summed E-state index contributed by atoms with van der Waals surface area (Å²) < 4.78 is 0. The zero-order valence-electron chi connectivity index (χ0n) is 11.5. The summed E-state index contributed by atoms with van der Waals surface area (Å²) in [5, 5.41) is 17.7. The fourth-order valence-corrected chi connectivity index (χ4v) is 1.77. The molecule has 1 amide bonds. The number of amidine groups is 1. The standard InChI is InChI=1S/C14H20N4O2/c1-9(14(19)17-12-6-7-12)16-8-10-2-4-11(5-3-10)13(15)18-20/h2-5,9,12,16,20H,6-8H2,1H3,(H2,15,18)(H,17,19). The number of rotatable bonds is 6. The predicted molar refractivity (Wildman–Crippen MR) is 76.4 cm³/mol. The Hall–Kier alpha value is -2.08. The third kappa shape index (κ3) is 3.96. The summed E-state index contributed by atoms with van der Waals surface area (Å²) in [6, 6.07) is 7.48. The molecule has 0 aliphatic heterocycles. The normalized spacial score (nSPS) is 16.8. The van der Waals surface area contributed by atoms with E-state index in [-0.39, 0.29) is 17.8 Å². The highest BCUT2D eigenvalue weighted by atomic mass is 16.4. The maximum absolute atomic E-state index is 11.8. The van der Waals surface area contributed by atoms with Crippen LogP contribution in [0.5, 0.6) is 0 Å². The Morgan fingerprint density at radius 2 is 2.10 bits per heavy atom. The number of amides is 1. The van der Waals surface area contributed by atoms with Gasteiger partial charge in [-0.2, -0.15) is 0 Å². The summed E-state index contributed by atoms with van der Waals surface area (Å²) >= 11 is 0. The van der Waals surface area contributed by atoms with Crippen LogP contribution in [0.25, 0.3) is 0 Å². The molecule has 0 saturated heterocycles. The molecule has 1 aliphatic carbocycles. The molecule has 6 heteroatoms. The van der Waals surface area contributed by atoms with E-state index in [1.165, 1.54) is 0 Å². The number of nitrogens with one attached hydrogen (secondary N) is 2. The van der Waals surface area contributed by atoms with Crippen LogP contribution in [-0.2, 0) is 11.3 Å². The van der Waals surface area contributed by atoms with E-state index in [2.05, 4.69) is 15.8 Å². The maximum Gasteiger partial charge on any atom is 0.237 e. The Morgan fingerprint density at radius 3 is 2.65 bits per heavy atom. The fourth-order valence-electron chi connectivity index (χ4n) is 1.77. The van der Waals surface area contributed by atoms with Gasteiger partial charge in [0.25, 0.3) is 0 Å². The van der Waals surface area contributed by atoms with Gasteiger partial charge < -0.3 is 21.6 Å². The van der Waals surface area contributed by atoms with Crippen molar-refractivity contribution in [2.45, 2.75) is 38.4 Å². The summed E-state index contributed by atoms with van der Waals surface area (Å²) in [7, 11) is 0. The topological polar surface area (TPSA) is 99.7 Å². The van der Waals surface area contributed by atoms with Gasteiger partial charge in [-0.3, -0.25) is 4.79 Å². The number of hydrogen-bond donors (Lipinski definition) is 4. The zero-order chi connectivity index (χ0) is 14.5. The molecule has 5 N–H and O–H groups in total. The molecule has 1 aliphatic rings. The smallest absolute Gasteiger partial charge is 0.237 e. The number of carbonyl (C=O) groups excluding carboxylic acids is 1. The number of nitrogens with zero attached hydrogens (tertiary/aromatic N) is 1. The molecule has 0 bridgehead atoms. The van der Waals surface area contributed by atoms with E-state index in [0.717, 1.165) is 18.4 Å². The number of benzene rings is 1. The molecular formula is C14H20N4O2. The highest BCUT2D eigenvalue weighted by molar-refractivity contribution is 5.96. The number of hydrogen-bond acceptors (Lipinski definition) is 4. The Labute approximate surface area is 118 Å². The van der Waals surface area contributed by atoms with Crippen LogP contribution >= 0.6 is 0 Å². The average Bonchev–Trinajstić information content (AvgIpc) is 3.28. The van der Waals surface area contributed by atoms with Crippen molar-refractivity contribution in [1.82, 2.24) is 10.6 Å². The van der Waals surface area contributed by atoms with E-state index in [1.807, 2.05) is 19.1 Å². The van der Waals surface area contributed by atoms with Crippen LogP contribution in [0.1, 0.15) is 30.9 Å². The number of oxime groups is 1. The molecule has 1 atom stereocenters. The fraction of sp³-hybridized carbons (Fsp3) is 0.429. The lowest BCUT2D eigenvalue weighted by Crippen LogP contribution is -2.42. The Morgan fingerprint density at radius 1 is 1.45 bits per heavy atom. The molecule has 1 aromatic rings. The summed E-state index contributed by atoms with van der Waals surface area (Å²) in [5.41, 5.74) is 7.19. The van der Waals surface area contributed by atoms with Crippen LogP contribution in [0.3, 0.4) is 0 Å². The van der Waals surface area contributed by atoms with Crippen LogP contribution in [0, 0.1) is 0 Å². The highest BCUT2D eigenvalue weighted by Crippen LogP contribution is 2.18. The lowest BCUT2D eigenvalue weighted by molar-refractivity contribution is -0.122. The van der Waals surface area contributed by atoms with Gasteiger partial charge in [-0.15, -0.1) is 0 Å². The summed E-state index contributed by atoms with van der Waals surface area (Å²) in [6.07, 6.45) is 2.18. The lowest BCUT2D eigenvalue weighted by atomic mass is 10.1. The van der Waals surface area contributed by atoms with Crippen LogP contribution in [0.2, 0.25) is 0 Å². The molecule has 108 valence electrons. The Kier molecular flexibility index (Phi) is 4.57. The van der Waals surface area contributed by atoms with Gasteiger partial charge in [0.2, 0.25) is 5.91 Å². The molecule has 0 aromatic heterocycles. The third-order valence-electron chi connectivity index (χ3n) is 3.29. The molecule has 2 rings (SSSR count). The van der Waals surface area contributed by atoms with Crippen molar-refractivity contribution in [1.29, 1.82) is 0 Å². The van der Waals surface area contributed by atoms with Crippen molar-refractivity contribution >= 4 is 11.7 Å². The average molecular weight is 276 g/mol. The van der Waals surface area contributed by atoms with Crippen LogP contribution in [0.15, 0.2) is 29.4 Å². The SMILES string of the molecule is CC(NCc1ccc(/C(N)=N/O)cc1)C(=O)NC1CC1. The first-order valence-corrected chi connectivity index (χ1v) is 6.70. The minimum Gasteiger partial charge on any atom is -0.409 e. The Bertz CT molecular complexity index is 494. The first kappa shape index (κ1) is 14.3. The first-order chi connectivity index (χ1) is 9.60. The van der Waals surface area contributed by atoms with Crippen molar-refractivity contribution in [3.63, 3.8) is 0 Å². The van der Waals surface area contributed by atoms with Crippen LogP contribution < -0.4 is 16.4 Å². The lowest BCUT2D eigenvalue weighted by Gasteiger charge is -2.14. The van der Waals surface area contributed by atoms with E-state index < -0.39 is 0 Å². The molecule has 6 nitrogen and oxygen atoms in total. The van der Waals surface area contributed by atoms with E-state index in [1.54, 1.807) is 12.1 Å². The van der Waals surface area contributed by atoms with E-state index in [0.29, 0.717) is 18.2 Å². The highest BCUT2D eigenvalue weighted by Gasteiger charge is 2.25. The molecule has 0 heterocycles. The number of nitrogens with two attached hydrogens (primary N) is 1. The largest absolute Gasteiger partial charge is 0.409 e. The molecule has 1 unspecified atom stereocenters. The molecule has 1 fully saturated rings. The van der Waals surface area contributed by atoms with Gasteiger partial charge in [0, 0.05) is 18.2 Å². The quantitative estimate of drug-likeness (QED) is 0.264. The molecule has 0 radical (unpaired) electrons. The Balaban J connectivity index is 1.82. The van der Waals surface area contributed by atoms with Gasteiger partial charge >= 0.3 is 0 Å². The first-order valence-electron chi connectivity index (χ1n) is 6.70. The van der Waals surface area contributed by atoms with E-state index in [4.69, 9.17) is 10.9 Å². The van der Waals surface area contributed by atoms with Gasteiger partial charge in [0.15, 0.2) is 5.84 Å². The minimum absolute atomic E-state index is 0.0424. The molecule has 1 saturated carbocycles. The van der Waals surface area contributed by atoms with Gasteiger partial charge in [0.1, 0.15) is 0 Å². The second kappa shape index (κ2) is 6.38. The zero-order valence-corrected chi connectivity index (χ0v) is 11.5. The second-order valence-corrected chi connectivity index (χ2v) is 5.07. The van der Waals surface area contributed by atoms with Crippen molar-refractivity contribution in [3.8, 4) is 0 Å². The summed E-state index contributed by atoms with van der Waals surface area (Å²) in [5.74, 6) is 0.127. The van der Waals surface area contributed by atoms with E-state index >= 15 is 0 Å². The van der Waals surface area contributed by atoms with Crippen molar-refractivity contribution in [2.24, 2.45) is 10.9 Å². The van der Waals surface area contributed by atoms with Crippen molar-refractivity contribution in [3.05, 3.63) is 35.4 Å². The van der Waals surface area contributed by atoms with Crippen LogP contribution in [-0.4, -0.2) is 29.0 Å². The molecular weight excluding hydrogens is 256 g/mol. The predicted octanol–water partition coefficient (Wildman–Crippen LogP) is 0.538. The second-order valence-electron chi connectivity index (χ2n) is 5.07. The molecule has 1 aromatic carbocycles. The molecule has 20 heavy (non-hydrogen) atoms. The van der Waals surface area contributed by atoms with Gasteiger partial charge in [-0.1, -0.05) is 29.4 Å². The number of carbonyl (C=O) groups is 1. The maximum atomic E-state index is 11.8. The van der Waals surface area contributed by atoms with Gasteiger partial charge in [-0.05, 0) is 25.3 Å². The minimum atomic E-state index is -0.223. The summed E-state index contributed by atoms with van der Waals surface area (Å²) in [6.45, 7) is 2.44. The monoisotopic (exact) mass is 276 g/mol. The van der Waals surface area contributed by atoms with Crippen molar-refractivity contribution in [2.75, 3.05) is 0 Å². The third-order valence-corrected chi connectivity index (χ3v) is 3.29. The van der Waals surface area contributed by atoms with Crippen LogP contribution in [0.4, 0.5) is 0 Å². The summed E-state index contributed by atoms with van der Waals surface area (Å²) in [4.78, 5) is 11.8. The molecule has 0 spiro atoms. The van der Waals surface area contributed by atoms with E-state index in [9.17, 15) is 4.79 Å². The van der Waals surface area contributed by atoms with Gasteiger partial charge in [-0.25, -0.2) is 0 Å². The van der Waals surface area contributed by atoms with Crippen molar-refractivity contribution < 1.29 is 10.0 Å².